The molecule has 35 heavy (non-hydrogen) atoms. The summed E-state index contributed by atoms with van der Waals surface area (Å²) in [6, 6.07) is 6.83. The second-order valence-electron chi connectivity index (χ2n) is 8.83. The third-order valence-electron chi connectivity index (χ3n) is 6.06. The Morgan fingerprint density at radius 3 is 2.57 bits per heavy atom. The highest BCUT2D eigenvalue weighted by atomic mass is 16.7. The molecular weight excluding hydrogens is 454 g/mol. The third-order valence-corrected chi connectivity index (χ3v) is 6.06. The summed E-state index contributed by atoms with van der Waals surface area (Å²) < 4.78 is 16.3. The summed E-state index contributed by atoms with van der Waals surface area (Å²) in [5.74, 6) is 0.351. The molecule has 0 saturated carbocycles. The molecule has 1 saturated heterocycles. The van der Waals surface area contributed by atoms with E-state index >= 15 is 0 Å². The monoisotopic (exact) mass is 481 g/mol. The highest BCUT2D eigenvalue weighted by Crippen LogP contribution is 2.33. The van der Waals surface area contributed by atoms with Crippen LogP contribution in [0.4, 0.5) is 15.3 Å². The van der Waals surface area contributed by atoms with Gasteiger partial charge in [-0.1, -0.05) is 29.4 Å². The number of amides is 3. The van der Waals surface area contributed by atoms with Gasteiger partial charge in [0.05, 0.1) is 31.2 Å². The Kier molecular flexibility index (Phi) is 6.33. The molecule has 0 N–H and O–H groups in total. The van der Waals surface area contributed by atoms with Gasteiger partial charge in [0, 0.05) is 18.3 Å². The molecule has 184 valence electrons. The number of aryl methyl sites for hydroxylation is 2. The maximum atomic E-state index is 13.4. The van der Waals surface area contributed by atoms with Crippen LogP contribution in [-0.2, 0) is 34.0 Å². The van der Waals surface area contributed by atoms with E-state index < -0.39 is 17.7 Å². The van der Waals surface area contributed by atoms with Crippen LogP contribution in [0, 0.1) is 13.8 Å². The number of nitrogens with zero attached hydrogens (tertiary/aromatic N) is 5. The van der Waals surface area contributed by atoms with E-state index in [0.29, 0.717) is 18.0 Å². The van der Waals surface area contributed by atoms with E-state index in [1.807, 2.05) is 26.0 Å². The smallest absolute Gasteiger partial charge is 0.438 e. The van der Waals surface area contributed by atoms with Crippen molar-refractivity contribution in [1.82, 2.24) is 19.8 Å². The van der Waals surface area contributed by atoms with Crippen LogP contribution >= 0.6 is 0 Å². The maximum Gasteiger partial charge on any atom is 0.508 e. The highest BCUT2D eigenvalue weighted by Gasteiger charge is 2.52. The van der Waals surface area contributed by atoms with E-state index in [2.05, 4.69) is 15.0 Å². The van der Waals surface area contributed by atoms with Crippen molar-refractivity contribution in [3.63, 3.8) is 0 Å². The second kappa shape index (κ2) is 9.24. The summed E-state index contributed by atoms with van der Waals surface area (Å²) in [6.07, 6.45) is 2.38. The number of carbonyl (C=O) groups excluding carboxylic acids is 3. The van der Waals surface area contributed by atoms with Gasteiger partial charge in [0.15, 0.2) is 0 Å². The lowest BCUT2D eigenvalue weighted by Gasteiger charge is -2.27. The van der Waals surface area contributed by atoms with E-state index in [-0.39, 0.29) is 19.1 Å². The number of urea groups is 1. The first kappa shape index (κ1) is 24.0. The number of hydrogen-bond acceptors (Lipinski definition) is 8. The first-order valence-electron chi connectivity index (χ1n) is 11.0. The van der Waals surface area contributed by atoms with Crippen LogP contribution in [0.3, 0.4) is 0 Å². The summed E-state index contributed by atoms with van der Waals surface area (Å²) in [7, 11) is 1.24. The molecule has 11 heteroatoms. The molecule has 1 aliphatic heterocycles. The van der Waals surface area contributed by atoms with Crippen molar-refractivity contribution in [2.24, 2.45) is 0 Å². The summed E-state index contributed by atoms with van der Waals surface area (Å²) in [5.41, 5.74) is 2.51. The highest BCUT2D eigenvalue weighted by molar-refractivity contribution is 6.22. The fourth-order valence-corrected chi connectivity index (χ4v) is 3.97. The zero-order valence-corrected chi connectivity index (χ0v) is 20.3. The molecule has 1 aliphatic rings. The van der Waals surface area contributed by atoms with E-state index in [0.717, 1.165) is 27.3 Å². The fraction of sp³-hybridized carbons (Fsp3) is 0.375. The van der Waals surface area contributed by atoms with Gasteiger partial charge in [-0.15, -0.1) is 0 Å². The summed E-state index contributed by atoms with van der Waals surface area (Å²) in [6.45, 7) is 7.74. The average Bonchev–Trinajstić information content (AvgIpc) is 3.46. The lowest BCUT2D eigenvalue weighted by atomic mass is 10.0. The lowest BCUT2D eigenvalue weighted by Crippen LogP contribution is -2.43. The van der Waals surface area contributed by atoms with Gasteiger partial charge < -0.3 is 18.9 Å². The number of anilines is 1. The molecule has 0 bridgehead atoms. The maximum absolute atomic E-state index is 13.4. The van der Waals surface area contributed by atoms with E-state index in [1.54, 1.807) is 36.9 Å². The van der Waals surface area contributed by atoms with Crippen molar-refractivity contribution in [2.75, 3.05) is 12.0 Å². The van der Waals surface area contributed by atoms with Gasteiger partial charge >= 0.3 is 12.2 Å². The molecule has 1 fully saturated rings. The first-order chi connectivity index (χ1) is 16.6. The normalized spacial score (nSPS) is 15.1. The predicted molar refractivity (Wildman–Crippen MR) is 123 cm³/mol. The molecule has 11 nitrogen and oxygen atoms in total. The van der Waals surface area contributed by atoms with Crippen molar-refractivity contribution in [3.8, 4) is 0 Å². The molecule has 3 aromatic rings. The molecule has 3 heterocycles. The number of aromatic nitrogens is 3. The van der Waals surface area contributed by atoms with E-state index in [1.165, 1.54) is 18.2 Å². The Morgan fingerprint density at radius 1 is 1.14 bits per heavy atom. The SMILES string of the molecule is COC(=O)OCc1cccc(CN2C(=O)N(c3cnn(Cc4c(C)noc4C)c3)C(=O)C2(C)C)c1. The molecule has 0 atom stereocenters. The van der Waals surface area contributed by atoms with Gasteiger partial charge in [0.25, 0.3) is 5.91 Å². The number of rotatable bonds is 7. The molecule has 2 aromatic heterocycles. The molecule has 3 amide bonds. The van der Waals surface area contributed by atoms with Gasteiger partial charge in [-0.05, 0) is 38.8 Å². The Hall–Kier alpha value is -4.15. The van der Waals surface area contributed by atoms with Crippen molar-refractivity contribution >= 4 is 23.8 Å². The Labute approximate surface area is 202 Å². The standard InChI is InChI=1S/C24H27N5O6/c1-15-20(16(2)35-26-15)13-27-12-19(10-25-27)29-21(30)24(3,4)28(22(29)31)11-17-7-6-8-18(9-17)14-34-23(32)33-5/h6-10,12H,11,13-14H2,1-5H3. The predicted octanol–water partition coefficient (Wildman–Crippen LogP) is 3.57. The van der Waals surface area contributed by atoms with Crippen LogP contribution in [0.1, 0.15) is 42.0 Å². The van der Waals surface area contributed by atoms with Crippen molar-refractivity contribution < 1.29 is 28.4 Å². The lowest BCUT2D eigenvalue weighted by molar-refractivity contribution is -0.123. The fourth-order valence-electron chi connectivity index (χ4n) is 3.97. The second-order valence-corrected chi connectivity index (χ2v) is 8.83. The number of methoxy groups -OCH3 is 1. The molecule has 0 unspecified atom stereocenters. The largest absolute Gasteiger partial charge is 0.508 e. The average molecular weight is 482 g/mol. The van der Waals surface area contributed by atoms with E-state index in [4.69, 9.17) is 9.26 Å². The minimum absolute atomic E-state index is 0.0349. The molecular formula is C24H27N5O6. The number of imide groups is 1. The Morgan fingerprint density at radius 2 is 1.89 bits per heavy atom. The van der Waals surface area contributed by atoms with Gasteiger partial charge in [-0.3, -0.25) is 9.48 Å². The molecule has 0 radical (unpaired) electrons. The summed E-state index contributed by atoms with van der Waals surface area (Å²) in [4.78, 5) is 40.6. The molecule has 0 aliphatic carbocycles. The van der Waals surface area contributed by atoms with Gasteiger partial charge in [0.2, 0.25) is 0 Å². The Bertz CT molecular complexity index is 1260. The van der Waals surface area contributed by atoms with Crippen LogP contribution in [0.15, 0.2) is 41.2 Å². The number of hydrogen-bond donors (Lipinski definition) is 0. The van der Waals surface area contributed by atoms with E-state index in [9.17, 15) is 14.4 Å². The minimum atomic E-state index is -1.07. The molecule has 4 rings (SSSR count). The zero-order chi connectivity index (χ0) is 25.3. The van der Waals surface area contributed by atoms with Gasteiger partial charge in [-0.2, -0.15) is 5.10 Å². The van der Waals surface area contributed by atoms with Crippen molar-refractivity contribution in [1.29, 1.82) is 0 Å². The van der Waals surface area contributed by atoms with Crippen LogP contribution in [0.2, 0.25) is 0 Å². The molecule has 0 spiro atoms. The van der Waals surface area contributed by atoms with Crippen molar-refractivity contribution in [3.05, 3.63) is 64.8 Å². The molecule has 1 aromatic carbocycles. The quantitative estimate of drug-likeness (QED) is 0.371. The number of carbonyl (C=O) groups is 3. The van der Waals surface area contributed by atoms with Gasteiger partial charge in [-0.25, -0.2) is 14.5 Å². The minimum Gasteiger partial charge on any atom is -0.438 e. The topological polar surface area (TPSA) is 120 Å². The Balaban J connectivity index is 1.52. The first-order valence-corrected chi connectivity index (χ1v) is 11.0. The number of benzene rings is 1. The zero-order valence-electron chi connectivity index (χ0n) is 20.3. The van der Waals surface area contributed by atoms with Crippen LogP contribution in [-0.4, -0.2) is 50.6 Å². The third kappa shape index (κ3) is 4.61. The van der Waals surface area contributed by atoms with Crippen molar-refractivity contribution in [2.45, 2.75) is 52.9 Å². The van der Waals surface area contributed by atoms with Crippen LogP contribution < -0.4 is 4.90 Å². The summed E-state index contributed by atoms with van der Waals surface area (Å²) in [5, 5.41) is 8.28. The van der Waals surface area contributed by atoms with Gasteiger partial charge in [0.1, 0.15) is 17.9 Å². The van der Waals surface area contributed by atoms with Crippen LogP contribution in [0.5, 0.6) is 0 Å². The van der Waals surface area contributed by atoms with Crippen LogP contribution in [0.25, 0.3) is 0 Å². The summed E-state index contributed by atoms with van der Waals surface area (Å²) >= 11 is 0. The number of ether oxygens (including phenoxy) is 2.